The van der Waals surface area contributed by atoms with Crippen LogP contribution in [0, 0.1) is 11.7 Å². The van der Waals surface area contributed by atoms with E-state index in [0.29, 0.717) is 18.4 Å². The number of hydrogen-bond donors (Lipinski definition) is 2. The van der Waals surface area contributed by atoms with Gasteiger partial charge in [-0.05, 0) is 37.5 Å². The summed E-state index contributed by atoms with van der Waals surface area (Å²) in [6.07, 6.45) is 1.35. The van der Waals surface area contributed by atoms with Crippen LogP contribution in [0.4, 0.5) is 4.39 Å². The zero-order valence-electron chi connectivity index (χ0n) is 12.2. The van der Waals surface area contributed by atoms with Gasteiger partial charge in [0.15, 0.2) is 0 Å². The van der Waals surface area contributed by atoms with E-state index in [0.717, 1.165) is 0 Å². The molecular formula is C15H18ClFN2O3. The topological polar surface area (TPSA) is 69.6 Å². The minimum absolute atomic E-state index is 0.00877. The molecule has 1 aromatic rings. The normalized spacial score (nSPS) is 21.5. The Morgan fingerprint density at radius 3 is 2.82 bits per heavy atom. The molecule has 5 nitrogen and oxygen atoms in total. The molecule has 1 heterocycles. The van der Waals surface area contributed by atoms with E-state index in [4.69, 9.17) is 16.8 Å². The predicted octanol–water partition coefficient (Wildman–Crippen LogP) is 2.15. The minimum Gasteiger partial charge on any atom is -0.339 e. The summed E-state index contributed by atoms with van der Waals surface area (Å²) in [7, 11) is 0. The zero-order valence-corrected chi connectivity index (χ0v) is 12.9. The number of piperidine rings is 1. The van der Waals surface area contributed by atoms with Gasteiger partial charge in [-0.1, -0.05) is 17.7 Å². The van der Waals surface area contributed by atoms with Crippen LogP contribution in [0.3, 0.4) is 0 Å². The summed E-state index contributed by atoms with van der Waals surface area (Å²) in [4.78, 5) is 25.6. The molecule has 0 saturated carbocycles. The molecule has 2 atom stereocenters. The number of amides is 2. The second kappa shape index (κ2) is 7.07. The molecule has 2 N–H and O–H groups in total. The van der Waals surface area contributed by atoms with Crippen molar-refractivity contribution in [1.29, 1.82) is 0 Å². The largest absolute Gasteiger partial charge is 0.339 e. The fraction of sp³-hybridized carbons (Fsp3) is 0.467. The number of nitrogens with zero attached hydrogens (tertiary/aromatic N) is 1. The smallest absolute Gasteiger partial charge is 0.248 e. The Balaban J connectivity index is 2.08. The molecule has 0 radical (unpaired) electrons. The van der Waals surface area contributed by atoms with Crippen LogP contribution < -0.4 is 5.48 Å². The molecule has 0 spiro atoms. The number of hydroxylamine groups is 1. The predicted molar refractivity (Wildman–Crippen MR) is 78.9 cm³/mol. The minimum atomic E-state index is -0.482. The first-order valence-corrected chi connectivity index (χ1v) is 7.47. The van der Waals surface area contributed by atoms with Crippen molar-refractivity contribution in [3.63, 3.8) is 0 Å². The summed E-state index contributed by atoms with van der Waals surface area (Å²) < 4.78 is 13.0. The summed E-state index contributed by atoms with van der Waals surface area (Å²) >= 11 is 5.94. The molecule has 120 valence electrons. The van der Waals surface area contributed by atoms with Crippen LogP contribution >= 0.6 is 11.6 Å². The fourth-order valence-corrected chi connectivity index (χ4v) is 2.92. The summed E-state index contributed by atoms with van der Waals surface area (Å²) in [6, 6.07) is 3.93. The maximum Gasteiger partial charge on any atom is 0.248 e. The van der Waals surface area contributed by atoms with Crippen molar-refractivity contribution < 1.29 is 19.2 Å². The first kappa shape index (κ1) is 16.7. The summed E-state index contributed by atoms with van der Waals surface area (Å²) in [5.74, 6) is -1.53. The van der Waals surface area contributed by atoms with Crippen molar-refractivity contribution in [3.8, 4) is 0 Å². The van der Waals surface area contributed by atoms with E-state index in [2.05, 4.69) is 0 Å². The van der Waals surface area contributed by atoms with Gasteiger partial charge in [0.2, 0.25) is 11.8 Å². The molecule has 22 heavy (non-hydrogen) atoms. The third kappa shape index (κ3) is 3.75. The van der Waals surface area contributed by atoms with Crippen LogP contribution in [0.5, 0.6) is 0 Å². The van der Waals surface area contributed by atoms with Gasteiger partial charge in [-0.25, -0.2) is 9.87 Å². The lowest BCUT2D eigenvalue weighted by molar-refractivity contribution is -0.141. The van der Waals surface area contributed by atoms with Crippen LogP contribution in [-0.4, -0.2) is 34.5 Å². The van der Waals surface area contributed by atoms with E-state index in [-0.39, 0.29) is 29.9 Å². The second-order valence-corrected chi connectivity index (χ2v) is 5.97. The van der Waals surface area contributed by atoms with Gasteiger partial charge in [-0.2, -0.15) is 0 Å². The quantitative estimate of drug-likeness (QED) is 0.660. The van der Waals surface area contributed by atoms with E-state index in [1.54, 1.807) is 10.4 Å². The van der Waals surface area contributed by atoms with Gasteiger partial charge >= 0.3 is 0 Å². The third-order valence-electron chi connectivity index (χ3n) is 4.04. The lowest BCUT2D eigenvalue weighted by Crippen LogP contribution is -2.49. The number of nitrogens with one attached hydrogen (secondary N) is 1. The van der Waals surface area contributed by atoms with Gasteiger partial charge in [-0.15, -0.1) is 0 Å². The second-order valence-electron chi connectivity index (χ2n) is 5.56. The van der Waals surface area contributed by atoms with Gasteiger partial charge in [0.25, 0.3) is 0 Å². The summed E-state index contributed by atoms with van der Waals surface area (Å²) in [5.41, 5.74) is 2.18. The van der Waals surface area contributed by atoms with E-state index in [1.807, 2.05) is 6.92 Å². The number of carbonyl (C=O) groups is 2. The number of rotatable bonds is 3. The maximum absolute atomic E-state index is 13.0. The van der Waals surface area contributed by atoms with E-state index >= 15 is 0 Å². The molecule has 1 aliphatic heterocycles. The highest BCUT2D eigenvalue weighted by atomic mass is 35.5. The number of hydrogen-bond acceptors (Lipinski definition) is 3. The number of halogens is 2. The molecule has 2 rings (SSSR count). The average molecular weight is 329 g/mol. The van der Waals surface area contributed by atoms with Gasteiger partial charge in [0.1, 0.15) is 5.82 Å². The molecule has 1 fully saturated rings. The average Bonchev–Trinajstić information content (AvgIpc) is 2.49. The van der Waals surface area contributed by atoms with Gasteiger partial charge in [0.05, 0.1) is 12.3 Å². The molecule has 0 unspecified atom stereocenters. The Bertz CT molecular complexity index is 582. The number of benzene rings is 1. The molecule has 0 aromatic heterocycles. The SMILES string of the molecule is C[C@H]1CC[C@@H](C(=O)NO)CN1C(=O)Cc1ccc(F)cc1Cl. The lowest BCUT2D eigenvalue weighted by Gasteiger charge is -2.37. The maximum atomic E-state index is 13.0. The van der Waals surface area contributed by atoms with Crippen LogP contribution in [-0.2, 0) is 16.0 Å². The van der Waals surface area contributed by atoms with Crippen molar-refractivity contribution in [2.45, 2.75) is 32.2 Å². The molecule has 1 aromatic carbocycles. The third-order valence-corrected chi connectivity index (χ3v) is 4.39. The van der Waals surface area contributed by atoms with Crippen LogP contribution in [0.2, 0.25) is 5.02 Å². The van der Waals surface area contributed by atoms with Gasteiger partial charge in [-0.3, -0.25) is 14.8 Å². The number of likely N-dealkylation sites (tertiary alicyclic amines) is 1. The highest BCUT2D eigenvalue weighted by molar-refractivity contribution is 6.31. The first-order valence-electron chi connectivity index (χ1n) is 7.09. The molecule has 7 heteroatoms. The monoisotopic (exact) mass is 328 g/mol. The Kier molecular flexibility index (Phi) is 5.37. The summed E-state index contributed by atoms with van der Waals surface area (Å²) in [6.45, 7) is 2.17. The van der Waals surface area contributed by atoms with Crippen LogP contribution in [0.25, 0.3) is 0 Å². The van der Waals surface area contributed by atoms with Crippen molar-refractivity contribution in [2.75, 3.05) is 6.54 Å². The zero-order chi connectivity index (χ0) is 16.3. The Labute approximate surface area is 133 Å². The van der Waals surface area contributed by atoms with Crippen molar-refractivity contribution in [1.82, 2.24) is 10.4 Å². The Hall–Kier alpha value is -1.66. The van der Waals surface area contributed by atoms with Crippen molar-refractivity contribution in [3.05, 3.63) is 34.6 Å². The first-order chi connectivity index (χ1) is 10.4. The standard InChI is InChI=1S/C15H18ClFN2O3/c1-9-2-3-11(15(21)18-22)8-19(9)14(20)6-10-4-5-12(17)7-13(10)16/h4-5,7,9,11,22H,2-3,6,8H2,1H3,(H,18,21)/t9-,11+/m0/s1. The summed E-state index contributed by atoms with van der Waals surface area (Å²) in [5, 5.41) is 8.93. The van der Waals surface area contributed by atoms with Gasteiger partial charge in [0, 0.05) is 17.6 Å². The lowest BCUT2D eigenvalue weighted by atomic mass is 9.92. The van der Waals surface area contributed by atoms with Crippen molar-refractivity contribution >= 4 is 23.4 Å². The molecule has 0 bridgehead atoms. The van der Waals surface area contributed by atoms with Gasteiger partial charge < -0.3 is 4.90 Å². The van der Waals surface area contributed by atoms with Crippen LogP contribution in [0.1, 0.15) is 25.3 Å². The van der Waals surface area contributed by atoms with Crippen molar-refractivity contribution in [2.24, 2.45) is 5.92 Å². The van der Waals surface area contributed by atoms with E-state index in [9.17, 15) is 14.0 Å². The fourth-order valence-electron chi connectivity index (χ4n) is 2.69. The Morgan fingerprint density at radius 2 is 2.18 bits per heavy atom. The molecule has 0 aliphatic carbocycles. The van der Waals surface area contributed by atoms with E-state index in [1.165, 1.54) is 18.2 Å². The molecule has 1 saturated heterocycles. The number of carbonyl (C=O) groups excluding carboxylic acids is 2. The Morgan fingerprint density at radius 1 is 1.45 bits per heavy atom. The molecule has 2 amide bonds. The molecular weight excluding hydrogens is 311 g/mol. The molecule has 1 aliphatic rings. The highest BCUT2D eigenvalue weighted by Gasteiger charge is 2.32. The highest BCUT2D eigenvalue weighted by Crippen LogP contribution is 2.24. The van der Waals surface area contributed by atoms with E-state index < -0.39 is 17.6 Å². The van der Waals surface area contributed by atoms with Crippen LogP contribution in [0.15, 0.2) is 18.2 Å².